The van der Waals surface area contributed by atoms with Crippen LogP contribution in [0, 0.1) is 0 Å². The monoisotopic (exact) mass is 693 g/mol. The molecule has 0 spiro atoms. The predicted molar refractivity (Wildman–Crippen MR) is 228 cm³/mol. The summed E-state index contributed by atoms with van der Waals surface area (Å²) >= 11 is 1.95. The molecule has 0 saturated carbocycles. The van der Waals surface area contributed by atoms with Crippen LogP contribution in [-0.2, 0) is 5.41 Å². The molecule has 0 aliphatic heterocycles. The van der Waals surface area contributed by atoms with Crippen LogP contribution in [0.1, 0.15) is 25.0 Å². The van der Waals surface area contributed by atoms with Gasteiger partial charge in [-0.1, -0.05) is 153 Å². The topological polar surface area (TPSA) is 4.93 Å². The summed E-state index contributed by atoms with van der Waals surface area (Å²) in [6.07, 6.45) is 0. The molecule has 0 saturated heterocycles. The molecule has 0 N–H and O–H groups in total. The number of hydrogen-bond donors (Lipinski definition) is 0. The first-order chi connectivity index (χ1) is 26.0. The Morgan fingerprint density at radius 2 is 0.962 bits per heavy atom. The molecule has 1 nitrogen and oxygen atoms in total. The minimum Gasteiger partial charge on any atom is -0.309 e. The van der Waals surface area contributed by atoms with E-state index in [4.69, 9.17) is 0 Å². The van der Waals surface area contributed by atoms with Gasteiger partial charge >= 0.3 is 0 Å². The smallest absolute Gasteiger partial charge is 0.0541 e. The first kappa shape index (κ1) is 30.4. The summed E-state index contributed by atoms with van der Waals surface area (Å²) in [5.74, 6) is 0. The molecule has 10 aromatic rings. The molecule has 53 heavy (non-hydrogen) atoms. The van der Waals surface area contributed by atoms with Gasteiger partial charge in [0.15, 0.2) is 0 Å². The van der Waals surface area contributed by atoms with E-state index in [1.807, 2.05) is 11.3 Å². The second kappa shape index (κ2) is 11.4. The summed E-state index contributed by atoms with van der Waals surface area (Å²) in [6, 6.07) is 65.0. The molecule has 250 valence electrons. The summed E-state index contributed by atoms with van der Waals surface area (Å²) < 4.78 is 5.15. The van der Waals surface area contributed by atoms with Crippen molar-refractivity contribution < 1.29 is 0 Å². The highest BCUT2D eigenvalue weighted by Gasteiger charge is 2.36. The van der Waals surface area contributed by atoms with Crippen molar-refractivity contribution in [1.82, 2.24) is 4.57 Å². The third-order valence-electron chi connectivity index (χ3n) is 11.6. The van der Waals surface area contributed by atoms with Crippen LogP contribution in [0.2, 0.25) is 0 Å². The Bertz CT molecular complexity index is 3050. The van der Waals surface area contributed by atoms with Crippen LogP contribution < -0.4 is 0 Å². The van der Waals surface area contributed by atoms with E-state index in [-0.39, 0.29) is 5.41 Å². The third-order valence-corrected chi connectivity index (χ3v) is 12.9. The average Bonchev–Trinajstić information content (AvgIpc) is 3.84. The molecule has 0 fully saturated rings. The molecule has 0 radical (unpaired) electrons. The van der Waals surface area contributed by atoms with Crippen molar-refractivity contribution in [3.63, 3.8) is 0 Å². The number of nitrogens with zero attached hydrogens (tertiary/aromatic N) is 1. The lowest BCUT2D eigenvalue weighted by Crippen LogP contribution is -2.14. The lowest BCUT2D eigenvalue weighted by atomic mass is 9.82. The van der Waals surface area contributed by atoms with Crippen LogP contribution in [-0.4, -0.2) is 4.57 Å². The van der Waals surface area contributed by atoms with Gasteiger partial charge in [-0.2, -0.15) is 0 Å². The molecule has 2 heteroatoms. The van der Waals surface area contributed by atoms with Crippen molar-refractivity contribution >= 4 is 53.3 Å². The lowest BCUT2D eigenvalue weighted by Gasteiger charge is -2.21. The van der Waals surface area contributed by atoms with E-state index in [0.29, 0.717) is 0 Å². The molecule has 0 bridgehead atoms. The van der Waals surface area contributed by atoms with E-state index in [2.05, 4.69) is 194 Å². The minimum atomic E-state index is -0.00138. The number of aromatic nitrogens is 1. The fourth-order valence-corrected chi connectivity index (χ4v) is 10.4. The van der Waals surface area contributed by atoms with Crippen LogP contribution in [0.4, 0.5) is 0 Å². The molecule has 2 heterocycles. The van der Waals surface area contributed by atoms with E-state index >= 15 is 0 Å². The van der Waals surface area contributed by atoms with Gasteiger partial charge in [-0.05, 0) is 86.5 Å². The standard InChI is InChI=1S/C51H35NS/c1-51(2)44-19-10-9-16-41(44)48-45(51)27-26-40-39-18-11-17-38(49(39)53-50(40)48)34-22-20-33(21-23-34)36-25-29-47-43(31-36)42-30-35(32-12-5-3-6-13-32)24-28-46(42)52(47)37-14-7-4-8-15-37/h3-31H,1-2H3. The third kappa shape index (κ3) is 4.49. The van der Waals surface area contributed by atoms with Gasteiger partial charge in [-0.3, -0.25) is 0 Å². The number of fused-ring (bicyclic) bond motifs is 10. The van der Waals surface area contributed by atoms with Gasteiger partial charge in [-0.25, -0.2) is 0 Å². The largest absolute Gasteiger partial charge is 0.309 e. The van der Waals surface area contributed by atoms with Crippen LogP contribution in [0.3, 0.4) is 0 Å². The van der Waals surface area contributed by atoms with Gasteiger partial charge < -0.3 is 4.57 Å². The zero-order chi connectivity index (χ0) is 35.3. The first-order valence-electron chi connectivity index (χ1n) is 18.4. The highest BCUT2D eigenvalue weighted by Crippen LogP contribution is 2.54. The number of para-hydroxylation sites is 1. The van der Waals surface area contributed by atoms with Crippen molar-refractivity contribution in [3.05, 3.63) is 187 Å². The Kier molecular flexibility index (Phi) is 6.53. The molecule has 0 unspecified atom stereocenters. The Hall–Kier alpha value is -6.22. The zero-order valence-corrected chi connectivity index (χ0v) is 30.4. The maximum Gasteiger partial charge on any atom is 0.0541 e. The van der Waals surface area contributed by atoms with Gasteiger partial charge in [0.2, 0.25) is 0 Å². The Morgan fingerprint density at radius 1 is 0.396 bits per heavy atom. The van der Waals surface area contributed by atoms with E-state index in [0.717, 1.165) is 0 Å². The van der Waals surface area contributed by atoms with Crippen molar-refractivity contribution in [2.45, 2.75) is 19.3 Å². The predicted octanol–water partition coefficient (Wildman–Crippen LogP) is 14.5. The lowest BCUT2D eigenvalue weighted by molar-refractivity contribution is 0.661. The molecule has 2 aromatic heterocycles. The molecule has 1 aliphatic rings. The second-order valence-corrected chi connectivity index (χ2v) is 15.9. The summed E-state index contributed by atoms with van der Waals surface area (Å²) in [6.45, 7) is 4.73. The van der Waals surface area contributed by atoms with Gasteiger partial charge in [0.25, 0.3) is 0 Å². The Morgan fingerprint density at radius 3 is 1.68 bits per heavy atom. The zero-order valence-electron chi connectivity index (χ0n) is 29.6. The quantitative estimate of drug-likeness (QED) is 0.173. The summed E-state index contributed by atoms with van der Waals surface area (Å²) in [5.41, 5.74) is 16.7. The highest BCUT2D eigenvalue weighted by atomic mass is 32.1. The first-order valence-corrected chi connectivity index (χ1v) is 19.2. The molecule has 8 aromatic carbocycles. The van der Waals surface area contributed by atoms with Gasteiger partial charge in [-0.15, -0.1) is 11.3 Å². The normalized spacial score (nSPS) is 13.2. The SMILES string of the molecule is CC1(C)c2ccccc2-c2c1ccc1c2sc2c(-c3ccc(-c4ccc5c(c4)c4cc(-c6ccccc6)ccc4n5-c4ccccc4)cc3)cccc21. The average molecular weight is 694 g/mol. The number of hydrogen-bond acceptors (Lipinski definition) is 1. The molecule has 11 rings (SSSR count). The van der Waals surface area contributed by atoms with Crippen LogP contribution in [0.25, 0.3) is 92.2 Å². The Labute approximate surface area is 313 Å². The van der Waals surface area contributed by atoms with Crippen molar-refractivity contribution in [2.24, 2.45) is 0 Å². The van der Waals surface area contributed by atoms with Crippen molar-refractivity contribution in [1.29, 1.82) is 0 Å². The number of thiophene rings is 1. The summed E-state index contributed by atoms with van der Waals surface area (Å²) in [7, 11) is 0. The van der Waals surface area contributed by atoms with Gasteiger partial charge in [0, 0.05) is 47.6 Å². The fraction of sp³-hybridized carbons (Fsp3) is 0.0588. The van der Waals surface area contributed by atoms with Crippen LogP contribution in [0.5, 0.6) is 0 Å². The Balaban J connectivity index is 1.03. The minimum absolute atomic E-state index is 0.00138. The van der Waals surface area contributed by atoms with E-state index < -0.39 is 0 Å². The van der Waals surface area contributed by atoms with Crippen LogP contribution in [0.15, 0.2) is 176 Å². The van der Waals surface area contributed by atoms with Gasteiger partial charge in [0.1, 0.15) is 0 Å². The summed E-state index contributed by atoms with van der Waals surface area (Å²) in [4.78, 5) is 0. The van der Waals surface area contributed by atoms with Crippen LogP contribution >= 0.6 is 11.3 Å². The molecule has 0 atom stereocenters. The van der Waals surface area contributed by atoms with Crippen molar-refractivity contribution in [3.8, 4) is 50.2 Å². The van der Waals surface area contributed by atoms with E-state index in [1.165, 1.54) is 103 Å². The second-order valence-electron chi connectivity index (χ2n) is 14.9. The number of benzene rings is 8. The summed E-state index contributed by atoms with van der Waals surface area (Å²) in [5, 5.41) is 5.22. The van der Waals surface area contributed by atoms with E-state index in [1.54, 1.807) is 0 Å². The fourth-order valence-electron chi connectivity index (χ4n) is 8.98. The van der Waals surface area contributed by atoms with E-state index in [9.17, 15) is 0 Å². The highest BCUT2D eigenvalue weighted by molar-refractivity contribution is 7.27. The molecule has 1 aliphatic carbocycles. The maximum absolute atomic E-state index is 2.40. The molecule has 0 amide bonds. The van der Waals surface area contributed by atoms with Crippen molar-refractivity contribution in [2.75, 3.05) is 0 Å². The number of rotatable bonds is 4. The van der Waals surface area contributed by atoms with Gasteiger partial charge in [0.05, 0.1) is 11.0 Å². The molecular formula is C51H35NS. The maximum atomic E-state index is 2.40. The molecular weight excluding hydrogens is 659 g/mol.